The average molecular weight is 426 g/mol. The molecule has 0 spiro atoms. The van der Waals surface area contributed by atoms with Gasteiger partial charge >= 0.3 is 6.03 Å². The SMILES string of the molecule is CCOc1ccccc1NC(=O)c1sc(NC(=O)Nc2ccccc2OC)nc1C. The van der Waals surface area contributed by atoms with Crippen molar-refractivity contribution >= 4 is 39.8 Å². The maximum Gasteiger partial charge on any atom is 0.325 e. The van der Waals surface area contributed by atoms with E-state index in [1.165, 1.54) is 7.11 Å². The van der Waals surface area contributed by atoms with Crippen molar-refractivity contribution in [1.29, 1.82) is 0 Å². The fourth-order valence-corrected chi connectivity index (χ4v) is 3.55. The summed E-state index contributed by atoms with van der Waals surface area (Å²) in [6.45, 7) is 4.07. The Bertz CT molecular complexity index is 1050. The highest BCUT2D eigenvalue weighted by Crippen LogP contribution is 2.28. The molecule has 0 saturated carbocycles. The van der Waals surface area contributed by atoms with Crippen molar-refractivity contribution in [2.24, 2.45) is 0 Å². The van der Waals surface area contributed by atoms with Gasteiger partial charge in [-0.15, -0.1) is 0 Å². The van der Waals surface area contributed by atoms with E-state index in [4.69, 9.17) is 9.47 Å². The zero-order valence-corrected chi connectivity index (χ0v) is 17.6. The lowest BCUT2D eigenvalue weighted by molar-refractivity contribution is 0.102. The van der Waals surface area contributed by atoms with Crippen molar-refractivity contribution < 1.29 is 19.1 Å². The molecule has 8 nitrogen and oxygen atoms in total. The zero-order valence-electron chi connectivity index (χ0n) is 16.8. The van der Waals surface area contributed by atoms with E-state index in [1.807, 2.05) is 19.1 Å². The van der Waals surface area contributed by atoms with E-state index in [-0.39, 0.29) is 5.91 Å². The number of carbonyl (C=O) groups excluding carboxylic acids is 2. The number of urea groups is 1. The molecule has 0 unspecified atom stereocenters. The van der Waals surface area contributed by atoms with E-state index in [0.717, 1.165) is 11.3 Å². The standard InChI is InChI=1S/C21H22N4O4S/c1-4-29-17-12-8-6-10-15(17)23-19(26)18-13(2)22-21(30-18)25-20(27)24-14-9-5-7-11-16(14)28-3/h5-12H,4H2,1-3H3,(H,23,26)(H2,22,24,25,27). The number of methoxy groups -OCH3 is 1. The molecule has 30 heavy (non-hydrogen) atoms. The van der Waals surface area contributed by atoms with E-state index in [9.17, 15) is 9.59 Å². The summed E-state index contributed by atoms with van der Waals surface area (Å²) in [5, 5.41) is 8.50. The lowest BCUT2D eigenvalue weighted by Crippen LogP contribution is -2.19. The molecule has 3 amide bonds. The highest BCUT2D eigenvalue weighted by atomic mass is 32.1. The topological polar surface area (TPSA) is 102 Å². The van der Waals surface area contributed by atoms with Gasteiger partial charge < -0.3 is 20.1 Å². The van der Waals surface area contributed by atoms with Gasteiger partial charge in [0, 0.05) is 0 Å². The molecule has 2 aromatic carbocycles. The summed E-state index contributed by atoms with van der Waals surface area (Å²) in [6, 6.07) is 13.8. The van der Waals surface area contributed by atoms with Gasteiger partial charge in [-0.25, -0.2) is 9.78 Å². The number of nitrogens with zero attached hydrogens (tertiary/aromatic N) is 1. The van der Waals surface area contributed by atoms with Crippen molar-refractivity contribution in [2.75, 3.05) is 29.7 Å². The molecule has 0 aliphatic carbocycles. The van der Waals surface area contributed by atoms with Crippen LogP contribution in [-0.4, -0.2) is 30.6 Å². The normalized spacial score (nSPS) is 10.2. The first kappa shape index (κ1) is 21.1. The third-order valence-corrected chi connectivity index (χ3v) is 5.09. The summed E-state index contributed by atoms with van der Waals surface area (Å²) in [7, 11) is 1.52. The maximum absolute atomic E-state index is 12.7. The van der Waals surface area contributed by atoms with Crippen LogP contribution in [0, 0.1) is 6.92 Å². The summed E-state index contributed by atoms with van der Waals surface area (Å²) >= 11 is 1.09. The van der Waals surface area contributed by atoms with Gasteiger partial charge in [-0.2, -0.15) is 0 Å². The quantitative estimate of drug-likeness (QED) is 0.506. The molecule has 1 heterocycles. The van der Waals surface area contributed by atoms with Crippen LogP contribution < -0.4 is 25.4 Å². The first-order chi connectivity index (χ1) is 14.5. The molecule has 9 heteroatoms. The molecule has 0 aliphatic rings. The minimum Gasteiger partial charge on any atom is -0.495 e. The molecule has 3 rings (SSSR count). The predicted molar refractivity (Wildman–Crippen MR) is 118 cm³/mol. The van der Waals surface area contributed by atoms with E-state index >= 15 is 0 Å². The number of aromatic nitrogens is 1. The number of nitrogens with one attached hydrogen (secondary N) is 3. The number of rotatable bonds is 7. The van der Waals surface area contributed by atoms with Crippen LogP contribution in [0.15, 0.2) is 48.5 Å². The van der Waals surface area contributed by atoms with E-state index in [1.54, 1.807) is 43.3 Å². The summed E-state index contributed by atoms with van der Waals surface area (Å²) in [5.41, 5.74) is 1.61. The number of carbonyl (C=O) groups is 2. The molecule has 0 atom stereocenters. The fraction of sp³-hybridized carbons (Fsp3) is 0.190. The zero-order chi connectivity index (χ0) is 21.5. The molecule has 0 radical (unpaired) electrons. The summed E-state index contributed by atoms with van der Waals surface area (Å²) in [4.78, 5) is 29.7. The molecule has 0 saturated heterocycles. The van der Waals surface area contributed by atoms with Crippen molar-refractivity contribution in [2.45, 2.75) is 13.8 Å². The summed E-state index contributed by atoms with van der Waals surface area (Å²) in [6.07, 6.45) is 0. The lowest BCUT2D eigenvalue weighted by atomic mass is 10.2. The number of ether oxygens (including phenoxy) is 2. The van der Waals surface area contributed by atoms with Crippen molar-refractivity contribution in [3.63, 3.8) is 0 Å². The maximum atomic E-state index is 12.7. The summed E-state index contributed by atoms with van der Waals surface area (Å²) < 4.78 is 10.8. The number of amides is 3. The number of hydrogen-bond acceptors (Lipinski definition) is 6. The van der Waals surface area contributed by atoms with Crippen LogP contribution in [0.4, 0.5) is 21.3 Å². The second-order valence-corrected chi connectivity index (χ2v) is 7.10. The number of para-hydroxylation sites is 4. The second-order valence-electron chi connectivity index (χ2n) is 6.10. The highest BCUT2D eigenvalue weighted by Gasteiger charge is 2.18. The Kier molecular flexibility index (Phi) is 6.87. The van der Waals surface area contributed by atoms with Crippen LogP contribution in [0.3, 0.4) is 0 Å². The molecule has 1 aromatic heterocycles. The van der Waals surface area contributed by atoms with Crippen molar-refractivity contribution in [3.05, 3.63) is 59.1 Å². The molecule has 156 valence electrons. The first-order valence-electron chi connectivity index (χ1n) is 9.23. The van der Waals surface area contributed by atoms with Gasteiger partial charge in [-0.3, -0.25) is 10.1 Å². The monoisotopic (exact) mass is 426 g/mol. The lowest BCUT2D eigenvalue weighted by Gasteiger charge is -2.10. The van der Waals surface area contributed by atoms with Crippen LogP contribution >= 0.6 is 11.3 Å². The van der Waals surface area contributed by atoms with Crippen LogP contribution in [0.5, 0.6) is 11.5 Å². The van der Waals surface area contributed by atoms with Gasteiger partial charge in [0.15, 0.2) is 5.13 Å². The van der Waals surface area contributed by atoms with Crippen LogP contribution in [0.1, 0.15) is 22.3 Å². The third kappa shape index (κ3) is 5.06. The smallest absolute Gasteiger partial charge is 0.325 e. The van der Waals surface area contributed by atoms with Crippen LogP contribution in [0.25, 0.3) is 0 Å². The number of anilines is 3. The van der Waals surface area contributed by atoms with Gasteiger partial charge in [0.05, 0.1) is 30.8 Å². The second kappa shape index (κ2) is 9.75. The number of aryl methyl sites for hydroxylation is 1. The van der Waals surface area contributed by atoms with Gasteiger partial charge in [0.2, 0.25) is 0 Å². The first-order valence-corrected chi connectivity index (χ1v) is 10.0. The minimum absolute atomic E-state index is 0.308. The molecule has 0 aliphatic heterocycles. The van der Waals surface area contributed by atoms with E-state index in [0.29, 0.717) is 45.2 Å². The third-order valence-electron chi connectivity index (χ3n) is 4.01. The summed E-state index contributed by atoms with van der Waals surface area (Å²) in [5.74, 6) is 0.802. The predicted octanol–water partition coefficient (Wildman–Crippen LogP) is 4.76. The number of hydrogen-bond donors (Lipinski definition) is 3. The van der Waals surface area contributed by atoms with E-state index < -0.39 is 6.03 Å². The van der Waals surface area contributed by atoms with Gasteiger partial charge in [-0.05, 0) is 38.1 Å². The van der Waals surface area contributed by atoms with Gasteiger partial charge in [0.25, 0.3) is 5.91 Å². The van der Waals surface area contributed by atoms with E-state index in [2.05, 4.69) is 20.9 Å². The fourth-order valence-electron chi connectivity index (χ4n) is 2.69. The molecule has 3 aromatic rings. The molecular weight excluding hydrogens is 404 g/mol. The minimum atomic E-state index is -0.484. The van der Waals surface area contributed by atoms with Crippen molar-refractivity contribution in [3.8, 4) is 11.5 Å². The number of benzene rings is 2. The highest BCUT2D eigenvalue weighted by molar-refractivity contribution is 7.17. The molecular formula is C21H22N4O4S. The largest absolute Gasteiger partial charge is 0.495 e. The van der Waals surface area contributed by atoms with Gasteiger partial charge in [-0.1, -0.05) is 35.6 Å². The average Bonchev–Trinajstić information content (AvgIpc) is 3.10. The Morgan fingerprint density at radius 1 is 0.967 bits per heavy atom. The molecule has 0 bridgehead atoms. The Morgan fingerprint density at radius 3 is 2.27 bits per heavy atom. The number of thiazole rings is 1. The Hall–Kier alpha value is -3.59. The van der Waals surface area contributed by atoms with Crippen LogP contribution in [-0.2, 0) is 0 Å². The Labute approximate surface area is 178 Å². The molecule has 0 fully saturated rings. The van der Waals surface area contributed by atoms with Crippen molar-refractivity contribution in [1.82, 2.24) is 4.98 Å². The Balaban J connectivity index is 1.69. The van der Waals surface area contributed by atoms with Gasteiger partial charge in [0.1, 0.15) is 16.4 Å². The van der Waals surface area contributed by atoms with Crippen LogP contribution in [0.2, 0.25) is 0 Å². The Morgan fingerprint density at radius 2 is 1.60 bits per heavy atom. The molecule has 3 N–H and O–H groups in total.